The number of anilines is 3. The number of nitrogens with zero attached hydrogens (tertiary/aromatic N) is 4. The second kappa shape index (κ2) is 4.58. The van der Waals surface area contributed by atoms with Crippen molar-refractivity contribution < 1.29 is 8.42 Å². The second-order valence-corrected chi connectivity index (χ2v) is 6.14. The molecule has 8 nitrogen and oxygen atoms in total. The Morgan fingerprint density at radius 3 is 2.28 bits per heavy atom. The maximum absolute atomic E-state index is 11.4. The highest BCUT2D eigenvalue weighted by atomic mass is 32.2. The van der Waals surface area contributed by atoms with Gasteiger partial charge < -0.3 is 16.4 Å². The van der Waals surface area contributed by atoms with Crippen LogP contribution in [0.1, 0.15) is 0 Å². The van der Waals surface area contributed by atoms with Crippen LogP contribution in [0.25, 0.3) is 0 Å². The predicted molar refractivity (Wildman–Crippen MR) is 69.5 cm³/mol. The lowest BCUT2D eigenvalue weighted by Crippen LogP contribution is -2.48. The van der Waals surface area contributed by atoms with Crippen molar-refractivity contribution >= 4 is 27.6 Å². The highest BCUT2D eigenvalue weighted by Crippen LogP contribution is 2.17. The number of nitrogen functional groups attached to an aromatic ring is 2. The van der Waals surface area contributed by atoms with Crippen LogP contribution in [0.2, 0.25) is 0 Å². The minimum atomic E-state index is -3.12. The molecule has 2 rings (SSSR count). The van der Waals surface area contributed by atoms with Gasteiger partial charge in [0.25, 0.3) is 0 Å². The molecule has 18 heavy (non-hydrogen) atoms. The van der Waals surface area contributed by atoms with Crippen molar-refractivity contribution in [3.8, 4) is 0 Å². The molecule has 1 aromatic rings. The summed E-state index contributed by atoms with van der Waals surface area (Å²) in [6.45, 7) is 1.98. The summed E-state index contributed by atoms with van der Waals surface area (Å²) >= 11 is 0. The van der Waals surface area contributed by atoms with Crippen molar-refractivity contribution in [3.63, 3.8) is 0 Å². The van der Waals surface area contributed by atoms with E-state index in [0.29, 0.717) is 37.8 Å². The SMILES string of the molecule is CS(=O)(=O)N1CCN(c2cc(N)nc(N)n2)CC1. The molecule has 2 heterocycles. The van der Waals surface area contributed by atoms with E-state index in [-0.39, 0.29) is 5.95 Å². The van der Waals surface area contributed by atoms with E-state index >= 15 is 0 Å². The molecule has 0 spiro atoms. The first-order valence-electron chi connectivity index (χ1n) is 5.46. The maximum Gasteiger partial charge on any atom is 0.223 e. The summed E-state index contributed by atoms with van der Waals surface area (Å²) in [5.41, 5.74) is 11.1. The Kier molecular flexibility index (Phi) is 3.26. The molecule has 1 aliphatic heterocycles. The van der Waals surface area contributed by atoms with Crippen LogP contribution in [0.3, 0.4) is 0 Å². The molecule has 0 saturated carbocycles. The lowest BCUT2D eigenvalue weighted by Gasteiger charge is -2.33. The number of sulfonamides is 1. The fourth-order valence-corrected chi connectivity index (χ4v) is 2.71. The molecule has 1 fully saturated rings. The van der Waals surface area contributed by atoms with Gasteiger partial charge in [0.1, 0.15) is 11.6 Å². The Hall–Kier alpha value is -1.61. The van der Waals surface area contributed by atoms with Gasteiger partial charge in [0, 0.05) is 32.2 Å². The Bertz CT molecular complexity index is 518. The first-order chi connectivity index (χ1) is 8.36. The molecule has 100 valence electrons. The van der Waals surface area contributed by atoms with E-state index in [9.17, 15) is 8.42 Å². The summed E-state index contributed by atoms with van der Waals surface area (Å²) in [6.07, 6.45) is 1.21. The van der Waals surface area contributed by atoms with Crippen LogP contribution in [0.15, 0.2) is 6.07 Å². The molecular formula is C9H16N6O2S. The first kappa shape index (κ1) is 12.8. The van der Waals surface area contributed by atoms with Crippen LogP contribution in [-0.4, -0.2) is 55.1 Å². The van der Waals surface area contributed by atoms with Gasteiger partial charge in [-0.3, -0.25) is 0 Å². The topological polar surface area (TPSA) is 118 Å². The van der Waals surface area contributed by atoms with Crippen molar-refractivity contribution in [1.82, 2.24) is 14.3 Å². The Labute approximate surface area is 106 Å². The number of aromatic nitrogens is 2. The van der Waals surface area contributed by atoms with E-state index in [4.69, 9.17) is 11.5 Å². The van der Waals surface area contributed by atoms with E-state index in [2.05, 4.69) is 9.97 Å². The van der Waals surface area contributed by atoms with E-state index in [1.54, 1.807) is 6.07 Å². The van der Waals surface area contributed by atoms with E-state index in [1.165, 1.54) is 10.6 Å². The largest absolute Gasteiger partial charge is 0.383 e. The smallest absolute Gasteiger partial charge is 0.223 e. The van der Waals surface area contributed by atoms with Gasteiger partial charge in [-0.05, 0) is 0 Å². The fraction of sp³-hybridized carbons (Fsp3) is 0.556. The normalized spacial score (nSPS) is 17.9. The van der Waals surface area contributed by atoms with Crippen molar-refractivity contribution in [2.45, 2.75) is 0 Å². The minimum Gasteiger partial charge on any atom is -0.383 e. The molecule has 0 unspecified atom stereocenters. The van der Waals surface area contributed by atoms with E-state index in [1.807, 2.05) is 4.90 Å². The van der Waals surface area contributed by atoms with Crippen LogP contribution in [0.5, 0.6) is 0 Å². The first-order valence-corrected chi connectivity index (χ1v) is 7.31. The van der Waals surface area contributed by atoms with Crippen molar-refractivity contribution in [1.29, 1.82) is 0 Å². The highest BCUT2D eigenvalue weighted by Gasteiger charge is 2.24. The Morgan fingerprint density at radius 2 is 1.78 bits per heavy atom. The predicted octanol–water partition coefficient (Wildman–Crippen LogP) is -1.28. The summed E-state index contributed by atoms with van der Waals surface area (Å²) in [7, 11) is -3.12. The Balaban J connectivity index is 2.10. The standard InChI is InChI=1S/C9H16N6O2S/c1-18(16,17)15-4-2-14(3-5-15)8-6-7(10)12-9(11)13-8/h6H,2-5H2,1H3,(H4,10,11,12,13). The third-order valence-corrected chi connectivity index (χ3v) is 4.08. The number of piperazine rings is 1. The zero-order chi connectivity index (χ0) is 13.3. The molecule has 4 N–H and O–H groups in total. The second-order valence-electron chi connectivity index (χ2n) is 4.16. The van der Waals surface area contributed by atoms with Gasteiger partial charge in [-0.25, -0.2) is 8.42 Å². The quantitative estimate of drug-likeness (QED) is 0.688. The number of nitrogens with two attached hydrogens (primary N) is 2. The summed E-state index contributed by atoms with van der Waals surface area (Å²) < 4.78 is 24.2. The van der Waals surface area contributed by atoms with Crippen LogP contribution in [0, 0.1) is 0 Å². The molecule has 0 atom stereocenters. The average Bonchev–Trinajstić information content (AvgIpc) is 2.27. The molecule has 0 amide bonds. The summed E-state index contributed by atoms with van der Waals surface area (Å²) in [5, 5.41) is 0. The molecular weight excluding hydrogens is 256 g/mol. The Morgan fingerprint density at radius 1 is 1.17 bits per heavy atom. The monoisotopic (exact) mass is 272 g/mol. The maximum atomic E-state index is 11.4. The molecule has 1 aliphatic rings. The van der Waals surface area contributed by atoms with Gasteiger partial charge in [-0.2, -0.15) is 14.3 Å². The van der Waals surface area contributed by atoms with Gasteiger partial charge in [0.15, 0.2) is 0 Å². The lowest BCUT2D eigenvalue weighted by molar-refractivity contribution is 0.387. The molecule has 1 saturated heterocycles. The molecule has 0 aliphatic carbocycles. The van der Waals surface area contributed by atoms with Gasteiger partial charge in [0.05, 0.1) is 6.26 Å². The third-order valence-electron chi connectivity index (χ3n) is 2.78. The number of rotatable bonds is 2. The van der Waals surface area contributed by atoms with Gasteiger partial charge in [0.2, 0.25) is 16.0 Å². The van der Waals surface area contributed by atoms with Gasteiger partial charge in [-0.1, -0.05) is 0 Å². The average molecular weight is 272 g/mol. The summed E-state index contributed by atoms with van der Waals surface area (Å²) in [5.74, 6) is 1.06. The fourth-order valence-electron chi connectivity index (χ4n) is 1.88. The highest BCUT2D eigenvalue weighted by molar-refractivity contribution is 7.88. The minimum absolute atomic E-state index is 0.121. The van der Waals surface area contributed by atoms with E-state index in [0.717, 1.165) is 0 Å². The third kappa shape index (κ3) is 2.79. The molecule has 0 bridgehead atoms. The van der Waals surface area contributed by atoms with E-state index < -0.39 is 10.0 Å². The van der Waals surface area contributed by atoms with Crippen molar-refractivity contribution in [2.24, 2.45) is 0 Å². The van der Waals surface area contributed by atoms with Crippen LogP contribution < -0.4 is 16.4 Å². The van der Waals surface area contributed by atoms with Crippen LogP contribution in [-0.2, 0) is 10.0 Å². The number of hydrogen-bond donors (Lipinski definition) is 2. The summed E-state index contributed by atoms with van der Waals surface area (Å²) in [4.78, 5) is 9.82. The molecule has 0 aromatic carbocycles. The van der Waals surface area contributed by atoms with Crippen LogP contribution >= 0.6 is 0 Å². The summed E-state index contributed by atoms with van der Waals surface area (Å²) in [6, 6.07) is 1.63. The molecule has 1 aromatic heterocycles. The molecule has 0 radical (unpaired) electrons. The zero-order valence-corrected chi connectivity index (χ0v) is 10.9. The van der Waals surface area contributed by atoms with Crippen molar-refractivity contribution in [3.05, 3.63) is 6.07 Å². The van der Waals surface area contributed by atoms with Crippen molar-refractivity contribution in [2.75, 3.05) is 48.8 Å². The van der Waals surface area contributed by atoms with Gasteiger partial charge >= 0.3 is 0 Å². The number of hydrogen-bond acceptors (Lipinski definition) is 7. The lowest BCUT2D eigenvalue weighted by atomic mass is 10.3. The van der Waals surface area contributed by atoms with Crippen LogP contribution in [0.4, 0.5) is 17.6 Å². The van der Waals surface area contributed by atoms with Gasteiger partial charge in [-0.15, -0.1) is 0 Å². The zero-order valence-electron chi connectivity index (χ0n) is 10.1. The molecule has 9 heteroatoms.